The van der Waals surface area contributed by atoms with E-state index in [1.54, 1.807) is 0 Å². The van der Waals surface area contributed by atoms with Gasteiger partial charge in [0, 0.05) is 41.5 Å². The molecule has 15 heteroatoms. The van der Waals surface area contributed by atoms with Crippen molar-refractivity contribution >= 4 is 35.8 Å². The third-order valence-corrected chi connectivity index (χ3v) is 5.20. The second-order valence-corrected chi connectivity index (χ2v) is 8.55. The number of carbonyl (C=O) groups is 6. The van der Waals surface area contributed by atoms with Gasteiger partial charge in [-0.3, -0.25) is 28.8 Å². The van der Waals surface area contributed by atoms with Crippen LogP contribution in [0.15, 0.2) is 12.3 Å². The summed E-state index contributed by atoms with van der Waals surface area (Å²) in [5, 5.41) is 0. The fraction of sp³-hybridized carbons (Fsp3) is 0.667. The Bertz CT molecular complexity index is 959. The summed E-state index contributed by atoms with van der Waals surface area (Å²) in [6.07, 6.45) is -7.97. The number of ether oxygens (including phenoxy) is 9. The number of hydrogen-bond donors (Lipinski definition) is 0. The van der Waals surface area contributed by atoms with E-state index < -0.39 is 91.4 Å². The number of hydrogen-bond acceptors (Lipinski definition) is 15. The van der Waals surface area contributed by atoms with Crippen LogP contribution in [0, 0.1) is 0 Å². The van der Waals surface area contributed by atoms with Gasteiger partial charge in [0.05, 0.1) is 6.26 Å². The summed E-state index contributed by atoms with van der Waals surface area (Å²) in [5.74, 6) is -4.43. The first-order chi connectivity index (χ1) is 18.3. The SMILES string of the molecule is CC(=O)OC[C@H]1O[C@H](O[C@H]2[C@@H](OC(C)=O)C=CO[C@@H]2COC(C)=O)[C@H](OC(C)=O)[C@@H](OC(C)=O)[C@H]1OC(C)=O. The maximum Gasteiger partial charge on any atom is 0.303 e. The zero-order valence-electron chi connectivity index (χ0n) is 22.3. The summed E-state index contributed by atoms with van der Waals surface area (Å²) < 4.78 is 49.0. The molecule has 0 spiro atoms. The van der Waals surface area contributed by atoms with Gasteiger partial charge in [0.2, 0.25) is 0 Å². The molecular weight excluding hydrogens is 528 g/mol. The normalized spacial score (nSPS) is 29.7. The molecule has 0 unspecified atom stereocenters. The lowest BCUT2D eigenvalue weighted by molar-refractivity contribution is -0.328. The smallest absolute Gasteiger partial charge is 0.303 e. The predicted octanol–water partition coefficient (Wildman–Crippen LogP) is -0.138. The molecule has 1 fully saturated rings. The highest BCUT2D eigenvalue weighted by Crippen LogP contribution is 2.32. The molecule has 1 saturated heterocycles. The first kappa shape index (κ1) is 31.5. The van der Waals surface area contributed by atoms with Crippen molar-refractivity contribution in [3.05, 3.63) is 12.3 Å². The van der Waals surface area contributed by atoms with Gasteiger partial charge in [-0.2, -0.15) is 0 Å². The summed E-state index contributed by atoms with van der Waals surface area (Å²) in [4.78, 5) is 70.6. The number of rotatable bonds is 10. The van der Waals surface area contributed by atoms with Crippen LogP contribution in [0.1, 0.15) is 41.5 Å². The minimum absolute atomic E-state index is 0.326. The zero-order chi connectivity index (χ0) is 29.3. The molecule has 0 bridgehead atoms. The van der Waals surface area contributed by atoms with Crippen molar-refractivity contribution in [1.82, 2.24) is 0 Å². The molecule has 2 rings (SSSR count). The average Bonchev–Trinajstić information content (AvgIpc) is 2.80. The first-order valence-corrected chi connectivity index (χ1v) is 11.9. The van der Waals surface area contributed by atoms with E-state index in [-0.39, 0.29) is 6.61 Å². The molecule has 39 heavy (non-hydrogen) atoms. The van der Waals surface area contributed by atoms with Crippen molar-refractivity contribution in [1.29, 1.82) is 0 Å². The van der Waals surface area contributed by atoms with E-state index in [0.29, 0.717) is 0 Å². The lowest BCUT2D eigenvalue weighted by Gasteiger charge is -2.46. The lowest BCUT2D eigenvalue weighted by Crippen LogP contribution is -2.64. The fourth-order valence-electron chi connectivity index (χ4n) is 3.87. The Kier molecular flexibility index (Phi) is 11.7. The van der Waals surface area contributed by atoms with Crippen LogP contribution >= 0.6 is 0 Å². The lowest BCUT2D eigenvalue weighted by atomic mass is 9.97. The maximum atomic E-state index is 12.0. The monoisotopic (exact) mass is 560 g/mol. The number of carbonyl (C=O) groups excluding carboxylic acids is 6. The summed E-state index contributed by atoms with van der Waals surface area (Å²) in [5.41, 5.74) is 0. The third-order valence-electron chi connectivity index (χ3n) is 5.20. The maximum absolute atomic E-state index is 12.0. The van der Waals surface area contributed by atoms with E-state index in [1.165, 1.54) is 19.3 Å². The van der Waals surface area contributed by atoms with Gasteiger partial charge in [0.25, 0.3) is 0 Å². The van der Waals surface area contributed by atoms with Gasteiger partial charge in [-0.1, -0.05) is 0 Å². The van der Waals surface area contributed by atoms with E-state index >= 15 is 0 Å². The Morgan fingerprint density at radius 1 is 0.590 bits per heavy atom. The first-order valence-electron chi connectivity index (χ1n) is 11.9. The van der Waals surface area contributed by atoms with Gasteiger partial charge in [-0.05, 0) is 6.08 Å². The van der Waals surface area contributed by atoms with E-state index in [2.05, 4.69) is 0 Å². The van der Waals surface area contributed by atoms with E-state index in [4.69, 9.17) is 42.6 Å². The van der Waals surface area contributed by atoms with Gasteiger partial charge in [-0.25, -0.2) is 0 Å². The molecule has 0 aliphatic carbocycles. The van der Waals surface area contributed by atoms with Crippen molar-refractivity contribution in [2.75, 3.05) is 13.2 Å². The molecule has 0 aromatic carbocycles. The molecule has 2 heterocycles. The molecule has 2 aliphatic heterocycles. The summed E-state index contributed by atoms with van der Waals surface area (Å²) >= 11 is 0. The van der Waals surface area contributed by atoms with Gasteiger partial charge >= 0.3 is 35.8 Å². The largest absolute Gasteiger partial charge is 0.492 e. The topological polar surface area (TPSA) is 185 Å². The van der Waals surface area contributed by atoms with Crippen molar-refractivity contribution in [2.24, 2.45) is 0 Å². The third kappa shape index (κ3) is 9.83. The molecule has 0 N–H and O–H groups in total. The Morgan fingerprint density at radius 3 is 1.59 bits per heavy atom. The summed E-state index contributed by atoms with van der Waals surface area (Å²) in [6.45, 7) is 5.92. The quantitative estimate of drug-likeness (QED) is 0.254. The van der Waals surface area contributed by atoms with Crippen molar-refractivity contribution in [3.8, 4) is 0 Å². The van der Waals surface area contributed by atoms with Crippen LogP contribution < -0.4 is 0 Å². The van der Waals surface area contributed by atoms with Gasteiger partial charge in [0.1, 0.15) is 25.4 Å². The molecule has 218 valence electrons. The molecule has 2 aliphatic rings. The zero-order valence-corrected chi connectivity index (χ0v) is 22.3. The molecule has 15 nitrogen and oxygen atoms in total. The Balaban J connectivity index is 2.52. The van der Waals surface area contributed by atoms with Crippen molar-refractivity contribution in [3.63, 3.8) is 0 Å². The highest BCUT2D eigenvalue weighted by Gasteiger charge is 2.54. The minimum atomic E-state index is -1.58. The van der Waals surface area contributed by atoms with Gasteiger partial charge in [-0.15, -0.1) is 0 Å². The van der Waals surface area contributed by atoms with Crippen LogP contribution in [0.3, 0.4) is 0 Å². The van der Waals surface area contributed by atoms with Gasteiger partial charge < -0.3 is 42.6 Å². The van der Waals surface area contributed by atoms with Crippen LogP contribution in [-0.2, 0) is 71.4 Å². The van der Waals surface area contributed by atoms with Crippen LogP contribution in [0.5, 0.6) is 0 Å². The molecule has 0 aromatic heterocycles. The fourth-order valence-corrected chi connectivity index (χ4v) is 3.87. The Hall–Kier alpha value is -3.72. The molecule has 0 aromatic rings. The highest BCUT2D eigenvalue weighted by atomic mass is 16.7. The van der Waals surface area contributed by atoms with Crippen LogP contribution in [0.2, 0.25) is 0 Å². The second-order valence-electron chi connectivity index (χ2n) is 8.55. The molecular formula is C24H32O15. The average molecular weight is 561 g/mol. The standard InChI is InChI=1S/C24H32O15/c1-11(25)32-9-18-20(17(7-8-31-18)34-13(3)27)39-24-23(37-16(6)30)22(36-15(5)29)21(35-14(4)28)19(38-24)10-33-12(2)26/h7-8,17-24H,9-10H2,1-6H3/t17-,18+,19+,20-,21-,22-,23+,24+/m0/s1. The van der Waals surface area contributed by atoms with Crippen molar-refractivity contribution in [2.45, 2.75) is 90.6 Å². The van der Waals surface area contributed by atoms with Gasteiger partial charge in [0.15, 0.2) is 36.8 Å². The van der Waals surface area contributed by atoms with Crippen LogP contribution in [0.25, 0.3) is 0 Å². The molecule has 8 atom stereocenters. The second kappa shape index (κ2) is 14.4. The van der Waals surface area contributed by atoms with Crippen LogP contribution in [-0.4, -0.2) is 98.0 Å². The Labute approximate surface area is 223 Å². The minimum Gasteiger partial charge on any atom is -0.492 e. The van der Waals surface area contributed by atoms with E-state index in [0.717, 1.165) is 34.6 Å². The molecule has 0 radical (unpaired) electrons. The van der Waals surface area contributed by atoms with E-state index in [9.17, 15) is 28.8 Å². The molecule has 0 saturated carbocycles. The van der Waals surface area contributed by atoms with E-state index in [1.807, 2.05) is 0 Å². The number of esters is 6. The van der Waals surface area contributed by atoms with Crippen molar-refractivity contribution < 1.29 is 71.4 Å². The Morgan fingerprint density at radius 2 is 1.08 bits per heavy atom. The summed E-state index contributed by atoms with van der Waals surface area (Å²) in [6, 6.07) is 0. The highest BCUT2D eigenvalue weighted by molar-refractivity contribution is 5.69. The predicted molar refractivity (Wildman–Crippen MR) is 123 cm³/mol. The summed E-state index contributed by atoms with van der Waals surface area (Å²) in [7, 11) is 0. The van der Waals surface area contributed by atoms with Crippen LogP contribution in [0.4, 0.5) is 0 Å². The molecule has 0 amide bonds.